The van der Waals surface area contributed by atoms with Gasteiger partial charge in [-0.1, -0.05) is 6.92 Å². The molecule has 4 nitrogen and oxygen atoms in total. The number of terminal acetylenes is 1. The fourth-order valence-corrected chi connectivity index (χ4v) is 1.70. The van der Waals surface area contributed by atoms with Crippen LogP contribution in [-0.2, 0) is 0 Å². The van der Waals surface area contributed by atoms with Crippen LogP contribution < -0.4 is 10.5 Å². The summed E-state index contributed by atoms with van der Waals surface area (Å²) >= 11 is 0. The monoisotopic (exact) mass is 297 g/mol. The Morgan fingerprint density at radius 3 is 2.73 bits per heavy atom. The average Bonchev–Trinajstić information content (AvgIpc) is 2.52. The molecule has 4 heteroatoms. The van der Waals surface area contributed by atoms with E-state index in [0.717, 1.165) is 29.2 Å². The summed E-state index contributed by atoms with van der Waals surface area (Å²) in [6.45, 7) is 6.53. The lowest BCUT2D eigenvalue weighted by Gasteiger charge is -2.18. The Balaban J connectivity index is 0.000000541. The molecule has 0 fully saturated rings. The van der Waals surface area contributed by atoms with Gasteiger partial charge in [0, 0.05) is 24.5 Å². The van der Waals surface area contributed by atoms with E-state index < -0.39 is 0 Å². The third kappa shape index (κ3) is 5.76. The van der Waals surface area contributed by atoms with Crippen LogP contribution in [0, 0.1) is 19.3 Å². The molecule has 1 aromatic rings. The molecule has 1 aromatic carbocycles. The number of hydrazone groups is 1. The van der Waals surface area contributed by atoms with Crippen molar-refractivity contribution < 1.29 is 4.74 Å². The Bertz CT molecular complexity index is 609. The van der Waals surface area contributed by atoms with Crippen molar-refractivity contribution in [1.82, 2.24) is 5.01 Å². The zero-order chi connectivity index (χ0) is 16.4. The SMILES string of the molecule is C#CCC.C/C=N\N1C=CC(Oc2ccc(N)cc2C)=CC1. The predicted molar refractivity (Wildman–Crippen MR) is 93.4 cm³/mol. The van der Waals surface area contributed by atoms with Crippen LogP contribution in [0.3, 0.4) is 0 Å². The van der Waals surface area contributed by atoms with Gasteiger partial charge in [0.2, 0.25) is 0 Å². The van der Waals surface area contributed by atoms with Crippen LogP contribution in [0.5, 0.6) is 5.75 Å². The minimum Gasteiger partial charge on any atom is -0.457 e. The number of hydrogen-bond donors (Lipinski definition) is 1. The standard InChI is InChI=1S/C14H17N3O.C4H6/c1-3-16-17-8-6-13(7-9-17)18-14-5-4-12(15)10-11(14)2;1-3-4-2/h3-8,10H,9,15H2,1-2H3;1H,4H2,2H3/b16-3-;. The van der Waals surface area contributed by atoms with Gasteiger partial charge in [-0.15, -0.1) is 12.3 Å². The van der Waals surface area contributed by atoms with Gasteiger partial charge in [-0.25, -0.2) is 0 Å². The van der Waals surface area contributed by atoms with Crippen LogP contribution in [0.4, 0.5) is 5.69 Å². The van der Waals surface area contributed by atoms with Crippen LogP contribution in [0.1, 0.15) is 25.8 Å². The first-order valence-electron chi connectivity index (χ1n) is 7.21. The topological polar surface area (TPSA) is 50.8 Å². The fraction of sp³-hybridized carbons (Fsp3) is 0.278. The first-order chi connectivity index (χ1) is 10.6. The lowest BCUT2D eigenvalue weighted by atomic mass is 10.2. The number of rotatable bonds is 3. The van der Waals surface area contributed by atoms with E-state index in [4.69, 9.17) is 16.9 Å². The molecule has 0 unspecified atom stereocenters. The van der Waals surface area contributed by atoms with E-state index in [2.05, 4.69) is 11.0 Å². The Morgan fingerprint density at radius 1 is 1.50 bits per heavy atom. The predicted octanol–water partition coefficient (Wildman–Crippen LogP) is 3.70. The molecule has 2 N–H and O–H groups in total. The zero-order valence-electron chi connectivity index (χ0n) is 13.4. The first kappa shape index (κ1) is 17.4. The third-order valence-corrected chi connectivity index (χ3v) is 2.79. The molecular formula is C18H23N3O. The summed E-state index contributed by atoms with van der Waals surface area (Å²) in [6.07, 6.45) is 13.2. The molecule has 0 aromatic heterocycles. The van der Waals surface area contributed by atoms with Crippen molar-refractivity contribution in [3.63, 3.8) is 0 Å². The number of benzene rings is 1. The molecule has 0 saturated carbocycles. The van der Waals surface area contributed by atoms with Gasteiger partial charge in [0.1, 0.15) is 11.5 Å². The summed E-state index contributed by atoms with van der Waals surface area (Å²) in [4.78, 5) is 0. The van der Waals surface area contributed by atoms with Crippen molar-refractivity contribution in [3.8, 4) is 18.1 Å². The number of anilines is 1. The van der Waals surface area contributed by atoms with E-state index >= 15 is 0 Å². The van der Waals surface area contributed by atoms with Crippen LogP contribution >= 0.6 is 0 Å². The summed E-state index contributed by atoms with van der Waals surface area (Å²) in [5.41, 5.74) is 7.48. The summed E-state index contributed by atoms with van der Waals surface area (Å²) < 4.78 is 5.81. The van der Waals surface area contributed by atoms with E-state index in [0.29, 0.717) is 6.54 Å². The zero-order valence-corrected chi connectivity index (χ0v) is 13.4. The maximum Gasteiger partial charge on any atom is 0.130 e. The second-order valence-corrected chi connectivity index (χ2v) is 4.60. The molecule has 1 heterocycles. The second kappa shape index (κ2) is 9.30. The average molecular weight is 297 g/mol. The number of ether oxygens (including phenoxy) is 1. The van der Waals surface area contributed by atoms with E-state index in [1.807, 2.05) is 62.3 Å². The Labute approximate surface area is 133 Å². The summed E-state index contributed by atoms with van der Waals surface area (Å²) in [5.74, 6) is 4.08. The van der Waals surface area contributed by atoms with E-state index in [-0.39, 0.29) is 0 Å². The van der Waals surface area contributed by atoms with Crippen LogP contribution in [-0.4, -0.2) is 17.8 Å². The quantitative estimate of drug-likeness (QED) is 0.526. The molecule has 0 radical (unpaired) electrons. The Morgan fingerprint density at radius 2 is 2.23 bits per heavy atom. The molecule has 0 saturated heterocycles. The fourth-order valence-electron chi connectivity index (χ4n) is 1.70. The molecule has 0 atom stereocenters. The molecule has 22 heavy (non-hydrogen) atoms. The Hall–Kier alpha value is -2.67. The molecule has 0 amide bonds. The third-order valence-electron chi connectivity index (χ3n) is 2.79. The Kier molecular flexibility index (Phi) is 7.35. The molecule has 1 aliphatic rings. The summed E-state index contributed by atoms with van der Waals surface area (Å²) in [7, 11) is 0. The first-order valence-corrected chi connectivity index (χ1v) is 7.21. The van der Waals surface area contributed by atoms with Gasteiger partial charge in [0.05, 0.1) is 6.54 Å². The number of nitrogen functional groups attached to an aromatic ring is 1. The van der Waals surface area contributed by atoms with Crippen LogP contribution in [0.15, 0.2) is 47.4 Å². The molecular weight excluding hydrogens is 274 g/mol. The van der Waals surface area contributed by atoms with E-state index in [9.17, 15) is 0 Å². The van der Waals surface area contributed by atoms with Gasteiger partial charge in [-0.2, -0.15) is 5.10 Å². The molecule has 0 bridgehead atoms. The normalized spacial score (nSPS) is 13.2. The molecule has 0 spiro atoms. The summed E-state index contributed by atoms with van der Waals surface area (Å²) in [5, 5.41) is 6.00. The number of nitrogens with zero attached hydrogens (tertiary/aromatic N) is 2. The minimum absolute atomic E-state index is 0.712. The van der Waals surface area contributed by atoms with Crippen molar-refractivity contribution >= 4 is 11.9 Å². The van der Waals surface area contributed by atoms with Crippen molar-refractivity contribution in [2.24, 2.45) is 5.10 Å². The summed E-state index contributed by atoms with van der Waals surface area (Å²) in [6, 6.07) is 5.62. The minimum atomic E-state index is 0.712. The number of nitrogens with two attached hydrogens (primary N) is 1. The van der Waals surface area contributed by atoms with Gasteiger partial charge in [0.25, 0.3) is 0 Å². The van der Waals surface area contributed by atoms with Gasteiger partial charge in [-0.05, 0) is 49.8 Å². The number of hydrogen-bond acceptors (Lipinski definition) is 4. The molecule has 116 valence electrons. The smallest absolute Gasteiger partial charge is 0.130 e. The lowest BCUT2D eigenvalue weighted by Crippen LogP contribution is -2.14. The van der Waals surface area contributed by atoms with E-state index in [1.54, 1.807) is 6.21 Å². The van der Waals surface area contributed by atoms with Crippen molar-refractivity contribution in [2.75, 3.05) is 12.3 Å². The lowest BCUT2D eigenvalue weighted by molar-refractivity contribution is 0.393. The highest BCUT2D eigenvalue weighted by molar-refractivity contribution is 5.53. The van der Waals surface area contributed by atoms with Gasteiger partial charge in [0.15, 0.2) is 0 Å². The van der Waals surface area contributed by atoms with Gasteiger partial charge >= 0.3 is 0 Å². The molecule has 0 aliphatic carbocycles. The highest BCUT2D eigenvalue weighted by Crippen LogP contribution is 2.23. The maximum absolute atomic E-state index is 5.81. The number of allylic oxidation sites excluding steroid dienone is 1. The molecule has 1 aliphatic heterocycles. The van der Waals surface area contributed by atoms with Crippen LogP contribution in [0.25, 0.3) is 0 Å². The van der Waals surface area contributed by atoms with E-state index in [1.165, 1.54) is 0 Å². The van der Waals surface area contributed by atoms with Gasteiger partial charge in [-0.3, -0.25) is 5.01 Å². The largest absolute Gasteiger partial charge is 0.457 e. The molecule has 2 rings (SSSR count). The van der Waals surface area contributed by atoms with Crippen molar-refractivity contribution in [2.45, 2.75) is 27.2 Å². The number of aryl methyl sites for hydroxylation is 1. The van der Waals surface area contributed by atoms with Crippen molar-refractivity contribution in [1.29, 1.82) is 0 Å². The highest BCUT2D eigenvalue weighted by Gasteiger charge is 2.06. The van der Waals surface area contributed by atoms with Crippen molar-refractivity contribution in [3.05, 3.63) is 47.9 Å². The van der Waals surface area contributed by atoms with Gasteiger partial charge < -0.3 is 10.5 Å². The second-order valence-electron chi connectivity index (χ2n) is 4.60. The van der Waals surface area contributed by atoms with Crippen LogP contribution in [0.2, 0.25) is 0 Å². The maximum atomic E-state index is 5.81. The highest BCUT2D eigenvalue weighted by atomic mass is 16.5.